The predicted molar refractivity (Wildman–Crippen MR) is 119 cm³/mol. The molecule has 6 heteroatoms. The normalized spacial score (nSPS) is 16.4. The number of carbonyl (C=O) groups is 1. The van der Waals surface area contributed by atoms with Crippen LogP contribution in [0.4, 0.5) is 0 Å². The number of hydrogen-bond acceptors (Lipinski definition) is 4. The van der Waals surface area contributed by atoms with Crippen molar-refractivity contribution in [2.24, 2.45) is 0 Å². The molecule has 1 amide bonds. The minimum absolute atomic E-state index is 0.102. The standard InChI is InChI=1S/C24H26N2O3S/c1-28-21-10-9-18(14-22(21)29-2)24(27)25-15-20(23-8-5-13-30-23)26-12-11-17-6-3-4-7-19(17)16-26/h3-10,13-14,20H,11-12,15-16H2,1-2H3,(H,25,27)/p+1/t20-/m1/s1. The van der Waals surface area contributed by atoms with Gasteiger partial charge in [-0.15, -0.1) is 11.3 Å². The molecular weight excluding hydrogens is 396 g/mol. The number of amides is 1. The van der Waals surface area contributed by atoms with Crippen LogP contribution in [-0.2, 0) is 13.0 Å². The van der Waals surface area contributed by atoms with E-state index in [1.54, 1.807) is 43.8 Å². The fourth-order valence-corrected chi connectivity index (χ4v) is 5.00. The molecule has 156 valence electrons. The number of nitrogens with one attached hydrogen (secondary N) is 2. The van der Waals surface area contributed by atoms with Crippen molar-refractivity contribution in [1.29, 1.82) is 0 Å². The van der Waals surface area contributed by atoms with E-state index >= 15 is 0 Å². The van der Waals surface area contributed by atoms with Crippen molar-refractivity contribution < 1.29 is 19.2 Å². The zero-order chi connectivity index (χ0) is 20.9. The van der Waals surface area contributed by atoms with Crippen molar-refractivity contribution in [3.05, 3.63) is 81.5 Å². The van der Waals surface area contributed by atoms with Gasteiger partial charge in [-0.3, -0.25) is 4.79 Å². The van der Waals surface area contributed by atoms with Crippen molar-refractivity contribution in [3.63, 3.8) is 0 Å². The molecule has 0 radical (unpaired) electrons. The summed E-state index contributed by atoms with van der Waals surface area (Å²) in [5, 5.41) is 5.25. The molecule has 1 aliphatic rings. The van der Waals surface area contributed by atoms with Gasteiger partial charge in [0.15, 0.2) is 11.5 Å². The number of ether oxygens (including phenoxy) is 2. The smallest absolute Gasteiger partial charge is 0.251 e. The molecule has 3 aromatic rings. The van der Waals surface area contributed by atoms with Gasteiger partial charge in [0, 0.05) is 17.5 Å². The average molecular weight is 424 g/mol. The summed E-state index contributed by atoms with van der Waals surface area (Å²) in [4.78, 5) is 15.6. The van der Waals surface area contributed by atoms with Crippen LogP contribution in [0.2, 0.25) is 0 Å². The first kappa shape index (κ1) is 20.4. The van der Waals surface area contributed by atoms with E-state index in [-0.39, 0.29) is 11.9 Å². The molecule has 2 atom stereocenters. The maximum Gasteiger partial charge on any atom is 0.251 e. The first-order chi connectivity index (χ1) is 14.7. The lowest BCUT2D eigenvalue weighted by molar-refractivity contribution is -0.945. The number of rotatable bonds is 7. The molecule has 2 N–H and O–H groups in total. The molecule has 2 heterocycles. The van der Waals surface area contributed by atoms with Gasteiger partial charge in [0.05, 0.1) is 32.2 Å². The number of benzene rings is 2. The fourth-order valence-electron chi connectivity index (χ4n) is 4.11. The molecule has 0 bridgehead atoms. The van der Waals surface area contributed by atoms with E-state index in [1.165, 1.54) is 20.9 Å². The van der Waals surface area contributed by atoms with Gasteiger partial charge < -0.3 is 19.7 Å². The Morgan fingerprint density at radius 3 is 2.60 bits per heavy atom. The third kappa shape index (κ3) is 4.35. The topological polar surface area (TPSA) is 52.0 Å². The van der Waals surface area contributed by atoms with Crippen LogP contribution in [0.25, 0.3) is 0 Å². The molecule has 0 aliphatic carbocycles. The minimum Gasteiger partial charge on any atom is -0.493 e. The Morgan fingerprint density at radius 1 is 1.07 bits per heavy atom. The Bertz CT molecular complexity index is 1000. The molecule has 1 unspecified atom stereocenters. The maximum atomic E-state index is 12.9. The molecule has 1 aliphatic heterocycles. The quantitative estimate of drug-likeness (QED) is 0.615. The highest BCUT2D eigenvalue weighted by Crippen LogP contribution is 2.27. The van der Waals surface area contributed by atoms with Gasteiger partial charge in [0.2, 0.25) is 0 Å². The number of thiophene rings is 1. The summed E-state index contributed by atoms with van der Waals surface area (Å²) in [5.41, 5.74) is 3.42. The summed E-state index contributed by atoms with van der Waals surface area (Å²) in [7, 11) is 3.16. The van der Waals surface area contributed by atoms with Crippen molar-refractivity contribution in [2.75, 3.05) is 27.3 Å². The molecule has 0 saturated carbocycles. The highest BCUT2D eigenvalue weighted by molar-refractivity contribution is 7.10. The van der Waals surface area contributed by atoms with Crippen molar-refractivity contribution >= 4 is 17.2 Å². The molecule has 1 aromatic heterocycles. The molecule has 0 saturated heterocycles. The summed E-state index contributed by atoms with van der Waals surface area (Å²) in [6, 6.07) is 18.4. The van der Waals surface area contributed by atoms with E-state index in [2.05, 4.69) is 47.1 Å². The first-order valence-corrected chi connectivity index (χ1v) is 11.0. The number of carbonyl (C=O) groups excluding carboxylic acids is 1. The molecule has 5 nitrogen and oxygen atoms in total. The second kappa shape index (κ2) is 9.32. The van der Waals surface area contributed by atoms with Crippen molar-refractivity contribution in [1.82, 2.24) is 5.32 Å². The second-order valence-electron chi connectivity index (χ2n) is 7.45. The average Bonchev–Trinajstić information content (AvgIpc) is 3.33. The van der Waals surface area contributed by atoms with Crippen LogP contribution >= 0.6 is 11.3 Å². The monoisotopic (exact) mass is 423 g/mol. The van der Waals surface area contributed by atoms with Crippen LogP contribution in [0.3, 0.4) is 0 Å². The van der Waals surface area contributed by atoms with E-state index in [1.807, 2.05) is 0 Å². The lowest BCUT2D eigenvalue weighted by atomic mass is 9.98. The van der Waals surface area contributed by atoms with Crippen LogP contribution < -0.4 is 19.7 Å². The molecule has 4 rings (SSSR count). The summed E-state index contributed by atoms with van der Waals surface area (Å²) in [6.07, 6.45) is 1.07. The lowest BCUT2D eigenvalue weighted by Gasteiger charge is -2.32. The summed E-state index contributed by atoms with van der Waals surface area (Å²) in [6.45, 7) is 2.63. The van der Waals surface area contributed by atoms with Crippen LogP contribution in [0.15, 0.2) is 60.0 Å². The minimum atomic E-state index is -0.102. The Labute approximate surface area is 181 Å². The SMILES string of the molecule is COc1ccc(C(=O)NC[C@H](c2cccs2)[NH+]2CCc3ccccc3C2)cc1OC. The molecular formula is C24H27N2O3S+. The predicted octanol–water partition coefficient (Wildman–Crippen LogP) is 2.88. The third-order valence-electron chi connectivity index (χ3n) is 5.74. The van der Waals surface area contributed by atoms with Crippen molar-refractivity contribution in [2.45, 2.75) is 19.0 Å². The van der Waals surface area contributed by atoms with Gasteiger partial charge >= 0.3 is 0 Å². The van der Waals surface area contributed by atoms with Crippen LogP contribution in [0, 0.1) is 0 Å². The van der Waals surface area contributed by atoms with Gasteiger partial charge in [-0.05, 0) is 35.2 Å². The zero-order valence-corrected chi connectivity index (χ0v) is 18.1. The Hall–Kier alpha value is -2.83. The number of methoxy groups -OCH3 is 2. The fraction of sp³-hybridized carbons (Fsp3) is 0.292. The Kier molecular flexibility index (Phi) is 6.35. The lowest BCUT2D eigenvalue weighted by Crippen LogP contribution is -3.12. The highest BCUT2D eigenvalue weighted by Gasteiger charge is 2.29. The van der Waals surface area contributed by atoms with Gasteiger partial charge in [-0.25, -0.2) is 0 Å². The van der Waals surface area contributed by atoms with Crippen LogP contribution in [-0.4, -0.2) is 33.2 Å². The van der Waals surface area contributed by atoms with E-state index < -0.39 is 0 Å². The maximum absolute atomic E-state index is 12.9. The van der Waals surface area contributed by atoms with Crippen molar-refractivity contribution in [3.8, 4) is 11.5 Å². The van der Waals surface area contributed by atoms with Gasteiger partial charge in [0.25, 0.3) is 5.91 Å². The summed E-state index contributed by atoms with van der Waals surface area (Å²) < 4.78 is 10.6. The zero-order valence-electron chi connectivity index (χ0n) is 17.3. The molecule has 0 spiro atoms. The molecule has 2 aromatic carbocycles. The second-order valence-corrected chi connectivity index (χ2v) is 8.43. The third-order valence-corrected chi connectivity index (χ3v) is 6.73. The van der Waals surface area contributed by atoms with Gasteiger partial charge in [0.1, 0.15) is 12.6 Å². The highest BCUT2D eigenvalue weighted by atomic mass is 32.1. The Morgan fingerprint density at radius 2 is 1.87 bits per heavy atom. The van der Waals surface area contributed by atoms with Gasteiger partial charge in [-0.2, -0.15) is 0 Å². The van der Waals surface area contributed by atoms with E-state index in [9.17, 15) is 4.79 Å². The summed E-state index contributed by atoms with van der Waals surface area (Å²) >= 11 is 1.76. The Balaban J connectivity index is 1.49. The van der Waals surface area contributed by atoms with E-state index in [0.717, 1.165) is 19.5 Å². The van der Waals surface area contributed by atoms with E-state index in [4.69, 9.17) is 9.47 Å². The van der Waals surface area contributed by atoms with E-state index in [0.29, 0.717) is 23.6 Å². The molecule has 30 heavy (non-hydrogen) atoms. The number of hydrogen-bond donors (Lipinski definition) is 2. The van der Waals surface area contributed by atoms with Gasteiger partial charge in [-0.1, -0.05) is 30.3 Å². The number of fused-ring (bicyclic) bond motifs is 1. The first-order valence-electron chi connectivity index (χ1n) is 10.1. The largest absolute Gasteiger partial charge is 0.493 e. The number of quaternary nitrogens is 1. The van der Waals surface area contributed by atoms with Crippen LogP contribution in [0.1, 0.15) is 32.4 Å². The molecule has 0 fully saturated rings. The summed E-state index contributed by atoms with van der Waals surface area (Å²) in [5.74, 6) is 1.06. The van der Waals surface area contributed by atoms with Crippen LogP contribution in [0.5, 0.6) is 11.5 Å².